The van der Waals surface area contributed by atoms with Crippen molar-refractivity contribution < 1.29 is 14.0 Å². The lowest BCUT2D eigenvalue weighted by Crippen LogP contribution is -2.47. The molecule has 0 saturated carbocycles. The van der Waals surface area contributed by atoms with Crippen LogP contribution in [0, 0.1) is 5.82 Å². The Morgan fingerprint density at radius 3 is 2.59 bits per heavy atom. The van der Waals surface area contributed by atoms with Crippen LogP contribution in [0.2, 0.25) is 0 Å². The summed E-state index contributed by atoms with van der Waals surface area (Å²) in [6.45, 7) is 0.00165. The third-order valence-corrected chi connectivity index (χ3v) is 3.75. The number of carbonyl (C=O) groups excluding carboxylic acids is 2. The lowest BCUT2D eigenvalue weighted by molar-refractivity contribution is -0.122. The molecule has 2 aromatic carbocycles. The van der Waals surface area contributed by atoms with Crippen LogP contribution in [-0.4, -0.2) is 25.4 Å². The number of benzene rings is 2. The van der Waals surface area contributed by atoms with Gasteiger partial charge in [-0.15, -0.1) is 0 Å². The van der Waals surface area contributed by atoms with Gasteiger partial charge in [0.25, 0.3) is 0 Å². The Bertz CT molecular complexity index is 745. The predicted octanol–water partition coefficient (Wildman–Crippen LogP) is 2.38. The van der Waals surface area contributed by atoms with Gasteiger partial charge in [0.15, 0.2) is 0 Å². The van der Waals surface area contributed by atoms with Crippen LogP contribution < -0.4 is 9.80 Å². The Morgan fingerprint density at radius 1 is 1.14 bits per heavy atom. The smallest absolute Gasteiger partial charge is 0.246 e. The first-order valence-corrected chi connectivity index (χ1v) is 6.96. The number of amides is 2. The second-order valence-electron chi connectivity index (χ2n) is 5.23. The number of para-hydroxylation sites is 2. The highest BCUT2D eigenvalue weighted by Gasteiger charge is 2.30. The number of hydrogen-bond acceptors (Lipinski definition) is 2. The lowest BCUT2D eigenvalue weighted by Gasteiger charge is -2.34. The molecule has 0 saturated heterocycles. The highest BCUT2D eigenvalue weighted by Crippen LogP contribution is 2.32. The summed E-state index contributed by atoms with van der Waals surface area (Å²) in [6, 6.07) is 13.2. The molecular weight excluding hydrogens is 283 g/mol. The minimum Gasteiger partial charge on any atom is -0.312 e. The lowest BCUT2D eigenvalue weighted by atomic mass is 10.1. The number of hydrogen-bond donors (Lipinski definition) is 0. The van der Waals surface area contributed by atoms with Crippen molar-refractivity contribution in [2.24, 2.45) is 0 Å². The van der Waals surface area contributed by atoms with Crippen LogP contribution in [0.25, 0.3) is 0 Å². The van der Waals surface area contributed by atoms with Crippen molar-refractivity contribution in [2.75, 3.05) is 23.4 Å². The third kappa shape index (κ3) is 2.57. The molecule has 1 heterocycles. The number of nitrogens with zero attached hydrogens (tertiary/aromatic N) is 2. The van der Waals surface area contributed by atoms with Crippen LogP contribution in [0.1, 0.15) is 5.56 Å². The molecule has 0 fully saturated rings. The number of rotatable bonds is 2. The zero-order valence-electron chi connectivity index (χ0n) is 12.1. The summed E-state index contributed by atoms with van der Waals surface area (Å²) in [5, 5.41) is 0. The Morgan fingerprint density at radius 2 is 1.86 bits per heavy atom. The zero-order valence-corrected chi connectivity index (χ0v) is 12.1. The van der Waals surface area contributed by atoms with Crippen LogP contribution in [-0.2, 0) is 16.0 Å². The van der Waals surface area contributed by atoms with Gasteiger partial charge in [0.1, 0.15) is 12.4 Å². The molecule has 0 spiro atoms. The molecule has 3 rings (SSSR count). The van der Waals surface area contributed by atoms with Crippen molar-refractivity contribution in [3.05, 3.63) is 59.9 Å². The van der Waals surface area contributed by atoms with Crippen LogP contribution in [0.15, 0.2) is 48.5 Å². The normalized spacial score (nSPS) is 14.0. The minimum absolute atomic E-state index is 0.00165. The van der Waals surface area contributed by atoms with E-state index < -0.39 is 0 Å². The highest BCUT2D eigenvalue weighted by atomic mass is 19.1. The fourth-order valence-electron chi connectivity index (χ4n) is 2.58. The van der Waals surface area contributed by atoms with Gasteiger partial charge in [0, 0.05) is 7.05 Å². The van der Waals surface area contributed by atoms with E-state index in [0.717, 1.165) is 0 Å². The quantitative estimate of drug-likeness (QED) is 0.854. The molecular formula is C17H15FN2O2. The fraction of sp³-hybridized carbons (Fsp3) is 0.176. The Balaban J connectivity index is 1.90. The predicted molar refractivity (Wildman–Crippen MR) is 82.3 cm³/mol. The van der Waals surface area contributed by atoms with Gasteiger partial charge in [-0.05, 0) is 29.8 Å². The van der Waals surface area contributed by atoms with Crippen LogP contribution in [0.3, 0.4) is 0 Å². The molecule has 2 amide bonds. The van der Waals surface area contributed by atoms with Crippen LogP contribution in [0.4, 0.5) is 15.8 Å². The first kappa shape index (κ1) is 14.3. The molecule has 0 N–H and O–H groups in total. The summed E-state index contributed by atoms with van der Waals surface area (Å²) >= 11 is 0. The largest absolute Gasteiger partial charge is 0.312 e. The van der Waals surface area contributed by atoms with Gasteiger partial charge in [-0.1, -0.05) is 24.3 Å². The Hall–Kier alpha value is -2.69. The van der Waals surface area contributed by atoms with E-state index in [9.17, 15) is 14.0 Å². The standard InChI is InChI=1S/C17H15FN2O2/c1-19-14-7-2-3-8-15(14)20(11-17(19)22)16(21)10-12-5-4-6-13(18)9-12/h2-9H,10-11H2,1H3. The molecule has 1 aliphatic rings. The summed E-state index contributed by atoms with van der Waals surface area (Å²) in [7, 11) is 1.69. The Labute approximate surface area is 127 Å². The fourth-order valence-corrected chi connectivity index (χ4v) is 2.58. The summed E-state index contributed by atoms with van der Waals surface area (Å²) in [5.74, 6) is -0.744. The molecule has 1 aliphatic heterocycles. The van der Waals surface area contributed by atoms with Crippen LogP contribution >= 0.6 is 0 Å². The zero-order chi connectivity index (χ0) is 15.7. The minimum atomic E-state index is -0.375. The molecule has 112 valence electrons. The van der Waals surface area contributed by atoms with E-state index >= 15 is 0 Å². The van der Waals surface area contributed by atoms with Gasteiger partial charge in [0.2, 0.25) is 11.8 Å². The van der Waals surface area contributed by atoms with Crippen molar-refractivity contribution in [2.45, 2.75) is 6.42 Å². The Kier molecular flexibility index (Phi) is 3.63. The van der Waals surface area contributed by atoms with Gasteiger partial charge in [-0.25, -0.2) is 4.39 Å². The van der Waals surface area contributed by atoms with Crippen molar-refractivity contribution in [3.8, 4) is 0 Å². The number of anilines is 2. The third-order valence-electron chi connectivity index (χ3n) is 3.75. The number of fused-ring (bicyclic) bond motifs is 1. The summed E-state index contributed by atoms with van der Waals surface area (Å²) in [5.41, 5.74) is 1.99. The summed E-state index contributed by atoms with van der Waals surface area (Å²) < 4.78 is 13.2. The molecule has 0 aromatic heterocycles. The number of carbonyl (C=O) groups is 2. The molecule has 22 heavy (non-hydrogen) atoms. The maximum absolute atomic E-state index is 13.2. The van der Waals surface area contributed by atoms with Crippen LogP contribution in [0.5, 0.6) is 0 Å². The van der Waals surface area contributed by atoms with E-state index in [2.05, 4.69) is 0 Å². The van der Waals surface area contributed by atoms with Crippen molar-refractivity contribution in [3.63, 3.8) is 0 Å². The van der Waals surface area contributed by atoms with E-state index in [4.69, 9.17) is 0 Å². The SMILES string of the molecule is CN1C(=O)CN(C(=O)Cc2cccc(F)c2)c2ccccc21. The monoisotopic (exact) mass is 298 g/mol. The second-order valence-corrected chi connectivity index (χ2v) is 5.23. The number of likely N-dealkylation sites (N-methyl/N-ethyl adjacent to an activating group) is 1. The van der Waals surface area contributed by atoms with Gasteiger partial charge in [-0.3, -0.25) is 9.59 Å². The molecule has 5 heteroatoms. The van der Waals surface area contributed by atoms with Crippen molar-refractivity contribution in [1.29, 1.82) is 0 Å². The molecule has 0 atom stereocenters. The molecule has 0 radical (unpaired) electrons. The first-order valence-electron chi connectivity index (χ1n) is 6.96. The van der Waals surface area contributed by atoms with Gasteiger partial charge in [0.05, 0.1) is 17.8 Å². The maximum Gasteiger partial charge on any atom is 0.246 e. The maximum atomic E-state index is 13.2. The summed E-state index contributed by atoms with van der Waals surface area (Å²) in [6.07, 6.45) is 0.0586. The molecule has 0 bridgehead atoms. The second kappa shape index (κ2) is 5.60. The van der Waals surface area contributed by atoms with Gasteiger partial charge < -0.3 is 9.80 Å². The molecule has 0 aliphatic carbocycles. The van der Waals surface area contributed by atoms with Crippen molar-refractivity contribution in [1.82, 2.24) is 0 Å². The highest BCUT2D eigenvalue weighted by molar-refractivity contribution is 6.11. The first-order chi connectivity index (χ1) is 10.6. The average Bonchev–Trinajstić information content (AvgIpc) is 2.51. The topological polar surface area (TPSA) is 40.6 Å². The molecule has 2 aromatic rings. The van der Waals surface area contributed by atoms with E-state index in [1.165, 1.54) is 17.0 Å². The molecule has 4 nitrogen and oxygen atoms in total. The molecule has 0 unspecified atom stereocenters. The number of halogens is 1. The van der Waals surface area contributed by atoms with E-state index in [0.29, 0.717) is 16.9 Å². The van der Waals surface area contributed by atoms with Gasteiger partial charge in [-0.2, -0.15) is 0 Å². The average molecular weight is 298 g/mol. The van der Waals surface area contributed by atoms with Crippen molar-refractivity contribution >= 4 is 23.2 Å². The summed E-state index contributed by atoms with van der Waals surface area (Å²) in [4.78, 5) is 27.6. The van der Waals surface area contributed by atoms with E-state index in [1.807, 2.05) is 18.2 Å². The van der Waals surface area contributed by atoms with Gasteiger partial charge >= 0.3 is 0 Å². The van der Waals surface area contributed by atoms with E-state index in [1.54, 1.807) is 30.1 Å². The van der Waals surface area contributed by atoms with E-state index in [-0.39, 0.29) is 30.6 Å².